The van der Waals surface area contributed by atoms with Crippen molar-refractivity contribution >= 4 is 5.96 Å². The summed E-state index contributed by atoms with van der Waals surface area (Å²) >= 11 is 0. The quantitative estimate of drug-likeness (QED) is 0.461. The molecule has 0 aliphatic heterocycles. The number of aliphatic imine (C=N–C) groups is 1. The first-order valence-electron chi connectivity index (χ1n) is 8.52. The van der Waals surface area contributed by atoms with Crippen LogP contribution in [0.15, 0.2) is 29.3 Å². The summed E-state index contributed by atoms with van der Waals surface area (Å²) in [6.45, 7) is 6.01. The SMILES string of the molecule is CN=C(NCCN(C)CCOC)NCC(C)Oc1ccccc1OC. The molecule has 1 rings (SSSR count). The molecule has 142 valence electrons. The van der Waals surface area contributed by atoms with Gasteiger partial charge in [0.25, 0.3) is 0 Å². The third-order valence-electron chi connectivity index (χ3n) is 3.64. The third-order valence-corrected chi connectivity index (χ3v) is 3.64. The molecule has 0 aliphatic carbocycles. The largest absolute Gasteiger partial charge is 0.493 e. The fourth-order valence-corrected chi connectivity index (χ4v) is 2.16. The number of methoxy groups -OCH3 is 2. The average Bonchev–Trinajstić information content (AvgIpc) is 2.63. The van der Waals surface area contributed by atoms with Gasteiger partial charge in [-0.1, -0.05) is 12.1 Å². The Morgan fingerprint density at radius 2 is 1.88 bits per heavy atom. The van der Waals surface area contributed by atoms with Crippen LogP contribution in [0.5, 0.6) is 11.5 Å². The van der Waals surface area contributed by atoms with Crippen LogP contribution in [0.3, 0.4) is 0 Å². The number of guanidine groups is 1. The number of hydrogen-bond acceptors (Lipinski definition) is 5. The molecule has 0 bridgehead atoms. The molecule has 1 aromatic rings. The minimum absolute atomic E-state index is 0.0285. The van der Waals surface area contributed by atoms with E-state index in [1.54, 1.807) is 21.3 Å². The molecule has 2 N–H and O–H groups in total. The molecule has 25 heavy (non-hydrogen) atoms. The lowest BCUT2D eigenvalue weighted by Crippen LogP contribution is -2.44. The maximum Gasteiger partial charge on any atom is 0.191 e. The summed E-state index contributed by atoms with van der Waals surface area (Å²) in [5.74, 6) is 2.23. The van der Waals surface area contributed by atoms with E-state index in [9.17, 15) is 0 Å². The van der Waals surface area contributed by atoms with Gasteiger partial charge in [0.05, 0.1) is 20.3 Å². The Hall–Kier alpha value is -1.99. The molecule has 0 heterocycles. The molecular formula is C18H32N4O3. The predicted molar refractivity (Wildman–Crippen MR) is 102 cm³/mol. The van der Waals surface area contributed by atoms with Crippen LogP contribution in [0, 0.1) is 0 Å². The third kappa shape index (κ3) is 8.60. The first-order valence-corrected chi connectivity index (χ1v) is 8.52. The van der Waals surface area contributed by atoms with Crippen molar-refractivity contribution in [3.8, 4) is 11.5 Å². The summed E-state index contributed by atoms with van der Waals surface area (Å²) in [7, 11) is 7.18. The van der Waals surface area contributed by atoms with Gasteiger partial charge in [0.2, 0.25) is 0 Å². The Kier molecular flexibility index (Phi) is 10.4. The molecule has 0 amide bonds. The lowest BCUT2D eigenvalue weighted by atomic mass is 10.3. The van der Waals surface area contributed by atoms with Crippen LogP contribution in [-0.4, -0.2) is 78.1 Å². The van der Waals surface area contributed by atoms with Crippen LogP contribution in [-0.2, 0) is 4.74 Å². The van der Waals surface area contributed by atoms with E-state index >= 15 is 0 Å². The number of likely N-dealkylation sites (N-methyl/N-ethyl adjacent to an activating group) is 1. The zero-order valence-electron chi connectivity index (χ0n) is 16.0. The summed E-state index contributed by atoms with van der Waals surface area (Å²) in [5, 5.41) is 6.57. The van der Waals surface area contributed by atoms with Gasteiger partial charge in [0.1, 0.15) is 6.10 Å². The summed E-state index contributed by atoms with van der Waals surface area (Å²) in [4.78, 5) is 6.44. The molecule has 0 fully saturated rings. The monoisotopic (exact) mass is 352 g/mol. The highest BCUT2D eigenvalue weighted by Gasteiger charge is 2.09. The van der Waals surface area contributed by atoms with E-state index < -0.39 is 0 Å². The van der Waals surface area contributed by atoms with Gasteiger partial charge in [0, 0.05) is 33.8 Å². The molecule has 7 nitrogen and oxygen atoms in total. The molecule has 7 heteroatoms. The van der Waals surface area contributed by atoms with E-state index in [1.165, 1.54) is 0 Å². The molecule has 0 aliphatic rings. The van der Waals surface area contributed by atoms with Crippen molar-refractivity contribution < 1.29 is 14.2 Å². The molecular weight excluding hydrogens is 320 g/mol. The number of nitrogens with zero attached hydrogens (tertiary/aromatic N) is 2. The smallest absolute Gasteiger partial charge is 0.191 e. The fraction of sp³-hybridized carbons (Fsp3) is 0.611. The van der Waals surface area contributed by atoms with E-state index in [-0.39, 0.29) is 6.10 Å². The molecule has 1 atom stereocenters. The van der Waals surface area contributed by atoms with Crippen LogP contribution in [0.2, 0.25) is 0 Å². The minimum Gasteiger partial charge on any atom is -0.493 e. The molecule has 1 aromatic carbocycles. The number of hydrogen-bond donors (Lipinski definition) is 2. The van der Waals surface area contributed by atoms with Crippen molar-refractivity contribution in [2.75, 3.05) is 61.1 Å². The Bertz CT molecular complexity index is 511. The Morgan fingerprint density at radius 3 is 2.52 bits per heavy atom. The van der Waals surface area contributed by atoms with Crippen molar-refractivity contribution in [1.29, 1.82) is 0 Å². The predicted octanol–water partition coefficient (Wildman–Crippen LogP) is 1.21. The van der Waals surface area contributed by atoms with E-state index in [2.05, 4.69) is 27.6 Å². The molecule has 1 unspecified atom stereocenters. The van der Waals surface area contributed by atoms with Gasteiger partial charge in [-0.15, -0.1) is 0 Å². The standard InChI is InChI=1S/C18H32N4O3/c1-15(25-17-9-7-6-8-16(17)24-5)14-21-18(19-2)20-10-11-22(3)12-13-23-4/h6-9,15H,10-14H2,1-5H3,(H2,19,20,21). The van der Waals surface area contributed by atoms with Crippen molar-refractivity contribution in [1.82, 2.24) is 15.5 Å². The van der Waals surface area contributed by atoms with Crippen molar-refractivity contribution in [3.05, 3.63) is 24.3 Å². The number of ether oxygens (including phenoxy) is 3. The van der Waals surface area contributed by atoms with Crippen LogP contribution in [0.25, 0.3) is 0 Å². The van der Waals surface area contributed by atoms with Crippen LogP contribution < -0.4 is 20.1 Å². The number of benzene rings is 1. The summed E-state index contributed by atoms with van der Waals surface area (Å²) in [6, 6.07) is 7.64. The van der Waals surface area contributed by atoms with Crippen LogP contribution >= 0.6 is 0 Å². The second-order valence-corrected chi connectivity index (χ2v) is 5.76. The zero-order valence-corrected chi connectivity index (χ0v) is 16.0. The Balaban J connectivity index is 2.31. The molecule has 0 saturated carbocycles. The topological polar surface area (TPSA) is 67.4 Å². The van der Waals surface area contributed by atoms with Crippen molar-refractivity contribution in [2.24, 2.45) is 4.99 Å². The van der Waals surface area contributed by atoms with Gasteiger partial charge in [0.15, 0.2) is 17.5 Å². The lowest BCUT2D eigenvalue weighted by molar-refractivity contribution is 0.162. The number of nitrogens with one attached hydrogen (secondary N) is 2. The van der Waals surface area contributed by atoms with E-state index in [1.807, 2.05) is 31.2 Å². The van der Waals surface area contributed by atoms with Gasteiger partial charge >= 0.3 is 0 Å². The van der Waals surface area contributed by atoms with Gasteiger partial charge in [-0.2, -0.15) is 0 Å². The molecule has 0 saturated heterocycles. The van der Waals surface area contributed by atoms with E-state index in [0.717, 1.165) is 43.7 Å². The molecule has 0 spiro atoms. The first kappa shape index (κ1) is 21.1. The van der Waals surface area contributed by atoms with Gasteiger partial charge < -0.3 is 29.7 Å². The van der Waals surface area contributed by atoms with Crippen molar-refractivity contribution in [2.45, 2.75) is 13.0 Å². The second-order valence-electron chi connectivity index (χ2n) is 5.76. The number of para-hydroxylation sites is 2. The van der Waals surface area contributed by atoms with E-state index in [4.69, 9.17) is 14.2 Å². The summed E-state index contributed by atoms with van der Waals surface area (Å²) < 4.78 is 16.3. The fourth-order valence-electron chi connectivity index (χ4n) is 2.16. The molecule has 0 aromatic heterocycles. The Labute approximate surface area is 151 Å². The lowest BCUT2D eigenvalue weighted by Gasteiger charge is -2.20. The average molecular weight is 352 g/mol. The minimum atomic E-state index is -0.0285. The highest BCUT2D eigenvalue weighted by atomic mass is 16.5. The Morgan fingerprint density at radius 1 is 1.16 bits per heavy atom. The maximum absolute atomic E-state index is 5.93. The normalized spacial score (nSPS) is 12.8. The molecule has 0 radical (unpaired) electrons. The first-order chi connectivity index (χ1) is 12.1. The van der Waals surface area contributed by atoms with Crippen molar-refractivity contribution in [3.63, 3.8) is 0 Å². The number of rotatable bonds is 11. The zero-order chi connectivity index (χ0) is 18.5. The highest BCUT2D eigenvalue weighted by molar-refractivity contribution is 5.79. The summed E-state index contributed by atoms with van der Waals surface area (Å²) in [6.07, 6.45) is -0.0285. The van der Waals surface area contributed by atoms with Crippen LogP contribution in [0.4, 0.5) is 0 Å². The summed E-state index contributed by atoms with van der Waals surface area (Å²) in [5.41, 5.74) is 0. The van der Waals surface area contributed by atoms with Crippen LogP contribution in [0.1, 0.15) is 6.92 Å². The highest BCUT2D eigenvalue weighted by Crippen LogP contribution is 2.26. The maximum atomic E-state index is 5.93. The second kappa shape index (κ2) is 12.4. The van der Waals surface area contributed by atoms with E-state index in [0.29, 0.717) is 6.54 Å². The van der Waals surface area contributed by atoms with Gasteiger partial charge in [-0.05, 0) is 26.1 Å². The van der Waals surface area contributed by atoms with Gasteiger partial charge in [-0.3, -0.25) is 4.99 Å². The van der Waals surface area contributed by atoms with Gasteiger partial charge in [-0.25, -0.2) is 0 Å².